The molecular weight excluding hydrogens is 268 g/mol. The van der Waals surface area contributed by atoms with Gasteiger partial charge in [-0.1, -0.05) is 6.07 Å². The molecule has 0 N–H and O–H groups in total. The molecular formula is C16H12N2O3. The van der Waals surface area contributed by atoms with Crippen LogP contribution in [0.3, 0.4) is 0 Å². The van der Waals surface area contributed by atoms with Gasteiger partial charge in [0.25, 0.3) is 0 Å². The smallest absolute Gasteiger partial charge is 0.203 e. The molecule has 0 fully saturated rings. The SMILES string of the molecule is COc1cccc(Oc2ccc(C#N)c(C#N)c2)c1OC. The highest BCUT2D eigenvalue weighted by molar-refractivity contribution is 5.54. The monoisotopic (exact) mass is 280 g/mol. The third-order valence-corrected chi connectivity index (χ3v) is 2.83. The van der Waals surface area contributed by atoms with Crippen molar-refractivity contribution in [3.8, 4) is 35.1 Å². The number of ether oxygens (including phenoxy) is 3. The normalized spacial score (nSPS) is 9.33. The van der Waals surface area contributed by atoms with E-state index in [1.54, 1.807) is 30.3 Å². The lowest BCUT2D eigenvalue weighted by Gasteiger charge is -2.13. The van der Waals surface area contributed by atoms with Crippen molar-refractivity contribution in [1.29, 1.82) is 10.5 Å². The first kappa shape index (κ1) is 14.2. The zero-order valence-electron chi connectivity index (χ0n) is 11.6. The second-order valence-electron chi connectivity index (χ2n) is 4.02. The van der Waals surface area contributed by atoms with E-state index in [1.807, 2.05) is 12.1 Å². The fraction of sp³-hybridized carbons (Fsp3) is 0.125. The zero-order chi connectivity index (χ0) is 15.2. The molecule has 0 amide bonds. The lowest BCUT2D eigenvalue weighted by atomic mass is 10.1. The van der Waals surface area contributed by atoms with E-state index >= 15 is 0 Å². The Balaban J connectivity index is 2.40. The molecule has 0 bridgehead atoms. The average molecular weight is 280 g/mol. The van der Waals surface area contributed by atoms with Gasteiger partial charge in [0.05, 0.1) is 25.3 Å². The Labute approximate surface area is 122 Å². The highest BCUT2D eigenvalue weighted by Crippen LogP contribution is 2.39. The molecule has 21 heavy (non-hydrogen) atoms. The van der Waals surface area contributed by atoms with Crippen molar-refractivity contribution in [3.63, 3.8) is 0 Å². The summed E-state index contributed by atoms with van der Waals surface area (Å²) in [5, 5.41) is 17.9. The Hall–Kier alpha value is -3.18. The molecule has 0 atom stereocenters. The third-order valence-electron chi connectivity index (χ3n) is 2.83. The first-order chi connectivity index (χ1) is 10.2. The maximum atomic E-state index is 9.02. The van der Waals surface area contributed by atoms with Crippen LogP contribution in [0.2, 0.25) is 0 Å². The maximum Gasteiger partial charge on any atom is 0.203 e. The van der Waals surface area contributed by atoms with Crippen LogP contribution in [0.1, 0.15) is 11.1 Å². The summed E-state index contributed by atoms with van der Waals surface area (Å²) in [6.07, 6.45) is 0. The van der Waals surface area contributed by atoms with Crippen molar-refractivity contribution >= 4 is 0 Å². The summed E-state index contributed by atoms with van der Waals surface area (Å²) < 4.78 is 16.2. The first-order valence-electron chi connectivity index (χ1n) is 6.06. The van der Waals surface area contributed by atoms with Crippen molar-refractivity contribution in [2.45, 2.75) is 0 Å². The molecule has 0 saturated carbocycles. The van der Waals surface area contributed by atoms with E-state index in [4.69, 9.17) is 24.7 Å². The number of hydrogen-bond donors (Lipinski definition) is 0. The van der Waals surface area contributed by atoms with E-state index in [2.05, 4.69) is 0 Å². The van der Waals surface area contributed by atoms with Gasteiger partial charge in [0.1, 0.15) is 17.9 Å². The number of para-hydroxylation sites is 1. The predicted octanol–water partition coefficient (Wildman–Crippen LogP) is 3.24. The largest absolute Gasteiger partial charge is 0.493 e. The van der Waals surface area contributed by atoms with Crippen molar-refractivity contribution < 1.29 is 14.2 Å². The van der Waals surface area contributed by atoms with Gasteiger partial charge in [0.15, 0.2) is 11.5 Å². The van der Waals surface area contributed by atoms with Crippen LogP contribution in [0, 0.1) is 22.7 Å². The van der Waals surface area contributed by atoms with Gasteiger partial charge in [0, 0.05) is 0 Å². The van der Waals surface area contributed by atoms with Gasteiger partial charge in [-0.15, -0.1) is 0 Å². The van der Waals surface area contributed by atoms with Crippen LogP contribution in [-0.2, 0) is 0 Å². The standard InChI is InChI=1S/C16H12N2O3/c1-19-14-4-3-5-15(16(14)20-2)21-13-7-6-11(9-17)12(8-13)10-18/h3-8H,1-2H3. The fourth-order valence-corrected chi connectivity index (χ4v) is 1.84. The molecule has 2 aromatic carbocycles. The molecule has 104 valence electrons. The van der Waals surface area contributed by atoms with Crippen LogP contribution in [0.5, 0.6) is 23.0 Å². The van der Waals surface area contributed by atoms with E-state index in [0.29, 0.717) is 28.6 Å². The fourth-order valence-electron chi connectivity index (χ4n) is 1.84. The summed E-state index contributed by atoms with van der Waals surface area (Å²) in [6.45, 7) is 0. The molecule has 0 aliphatic rings. The van der Waals surface area contributed by atoms with Gasteiger partial charge in [-0.2, -0.15) is 10.5 Å². The lowest BCUT2D eigenvalue weighted by Crippen LogP contribution is -1.94. The molecule has 0 spiro atoms. The van der Waals surface area contributed by atoms with Gasteiger partial charge in [-0.25, -0.2) is 0 Å². The van der Waals surface area contributed by atoms with Crippen LogP contribution >= 0.6 is 0 Å². The molecule has 0 heterocycles. The molecule has 0 radical (unpaired) electrons. The highest BCUT2D eigenvalue weighted by Gasteiger charge is 2.12. The van der Waals surface area contributed by atoms with Crippen LogP contribution in [0.4, 0.5) is 0 Å². The molecule has 0 unspecified atom stereocenters. The second-order valence-corrected chi connectivity index (χ2v) is 4.02. The Morgan fingerprint density at radius 2 is 1.57 bits per heavy atom. The predicted molar refractivity (Wildman–Crippen MR) is 75.5 cm³/mol. The molecule has 0 aliphatic carbocycles. The van der Waals surface area contributed by atoms with Gasteiger partial charge in [-0.05, 0) is 30.3 Å². The first-order valence-corrected chi connectivity index (χ1v) is 6.06. The van der Waals surface area contributed by atoms with Crippen LogP contribution in [0.15, 0.2) is 36.4 Å². The molecule has 0 aliphatic heterocycles. The number of hydrogen-bond acceptors (Lipinski definition) is 5. The van der Waals surface area contributed by atoms with E-state index < -0.39 is 0 Å². The summed E-state index contributed by atoms with van der Waals surface area (Å²) in [7, 11) is 3.06. The number of nitrogens with zero attached hydrogens (tertiary/aromatic N) is 2. The summed E-state index contributed by atoms with van der Waals surface area (Å²) in [4.78, 5) is 0. The average Bonchev–Trinajstić information content (AvgIpc) is 2.54. The van der Waals surface area contributed by atoms with E-state index in [0.717, 1.165) is 0 Å². The number of benzene rings is 2. The van der Waals surface area contributed by atoms with E-state index in [1.165, 1.54) is 20.3 Å². The van der Waals surface area contributed by atoms with Crippen molar-refractivity contribution in [2.24, 2.45) is 0 Å². The van der Waals surface area contributed by atoms with E-state index in [9.17, 15) is 0 Å². The van der Waals surface area contributed by atoms with Gasteiger partial charge < -0.3 is 14.2 Å². The number of rotatable bonds is 4. The minimum Gasteiger partial charge on any atom is -0.493 e. The Bertz CT molecular complexity index is 742. The van der Waals surface area contributed by atoms with Gasteiger partial charge >= 0.3 is 0 Å². The third kappa shape index (κ3) is 2.88. The number of methoxy groups -OCH3 is 2. The minimum atomic E-state index is 0.261. The van der Waals surface area contributed by atoms with Crippen LogP contribution in [0.25, 0.3) is 0 Å². The Kier molecular flexibility index (Phi) is 4.28. The zero-order valence-corrected chi connectivity index (χ0v) is 11.6. The lowest BCUT2D eigenvalue weighted by molar-refractivity contribution is 0.336. The Morgan fingerprint density at radius 3 is 2.19 bits per heavy atom. The summed E-state index contributed by atoms with van der Waals surface area (Å²) in [5.41, 5.74) is 0.569. The second kappa shape index (κ2) is 6.31. The van der Waals surface area contributed by atoms with E-state index in [-0.39, 0.29) is 5.56 Å². The molecule has 2 aromatic rings. The minimum absolute atomic E-state index is 0.261. The van der Waals surface area contributed by atoms with Gasteiger partial charge in [-0.3, -0.25) is 0 Å². The quantitative estimate of drug-likeness (QED) is 0.859. The molecule has 2 rings (SSSR count). The Morgan fingerprint density at radius 1 is 0.857 bits per heavy atom. The molecule has 0 saturated heterocycles. The van der Waals surface area contributed by atoms with Crippen molar-refractivity contribution in [2.75, 3.05) is 14.2 Å². The molecule has 0 aromatic heterocycles. The van der Waals surface area contributed by atoms with Gasteiger partial charge in [0.2, 0.25) is 5.75 Å². The number of nitriles is 2. The highest BCUT2D eigenvalue weighted by atomic mass is 16.5. The summed E-state index contributed by atoms with van der Waals surface area (Å²) in [6, 6.07) is 13.9. The van der Waals surface area contributed by atoms with Crippen LogP contribution < -0.4 is 14.2 Å². The summed E-state index contributed by atoms with van der Waals surface area (Å²) in [5.74, 6) is 1.91. The summed E-state index contributed by atoms with van der Waals surface area (Å²) >= 11 is 0. The van der Waals surface area contributed by atoms with Crippen LogP contribution in [-0.4, -0.2) is 14.2 Å². The topological polar surface area (TPSA) is 75.3 Å². The molecule has 5 nitrogen and oxygen atoms in total. The van der Waals surface area contributed by atoms with Crippen molar-refractivity contribution in [3.05, 3.63) is 47.5 Å². The van der Waals surface area contributed by atoms with Crippen molar-refractivity contribution in [1.82, 2.24) is 0 Å². The maximum absolute atomic E-state index is 9.02. The molecule has 5 heteroatoms.